The van der Waals surface area contributed by atoms with Crippen molar-refractivity contribution in [1.29, 1.82) is 5.26 Å². The molecule has 0 bridgehead atoms. The summed E-state index contributed by atoms with van der Waals surface area (Å²) in [7, 11) is 0. The Morgan fingerprint density at radius 3 is 2.87 bits per heavy atom. The number of aliphatic hydroxyl groups excluding tert-OH is 2. The summed E-state index contributed by atoms with van der Waals surface area (Å²) in [4.78, 5) is 11.6. The molecule has 1 rings (SSSR count). The van der Waals surface area contributed by atoms with Crippen LogP contribution in [0.4, 0.5) is 0 Å². The number of carbonyl (C=O) groups is 1. The Kier molecular flexibility index (Phi) is 3.97. The van der Waals surface area contributed by atoms with Crippen LogP contribution in [0, 0.1) is 11.3 Å². The number of nitrogens with zero attached hydrogens (tertiary/aromatic N) is 1. The molecule has 0 amide bonds. The van der Waals surface area contributed by atoms with Gasteiger partial charge in [0.15, 0.2) is 5.78 Å². The van der Waals surface area contributed by atoms with E-state index in [1.807, 2.05) is 0 Å². The smallest absolute Gasteiger partial charge is 0.170 e. The van der Waals surface area contributed by atoms with Gasteiger partial charge in [0.05, 0.1) is 23.5 Å². The number of Topliss-reactive ketones (excluding diaryl/α,β-unsaturated/α-hetero) is 1. The largest absolute Gasteiger partial charge is 0.389 e. The summed E-state index contributed by atoms with van der Waals surface area (Å²) in [5.74, 6) is -0.150. The minimum Gasteiger partial charge on any atom is -0.389 e. The minimum atomic E-state index is -1.17. The molecule has 1 aromatic rings. The molecule has 1 heterocycles. The van der Waals surface area contributed by atoms with Gasteiger partial charge in [0, 0.05) is 5.56 Å². The highest BCUT2D eigenvalue weighted by Gasteiger charge is 2.23. The Bertz CT molecular complexity index is 394. The summed E-state index contributed by atoms with van der Waals surface area (Å²) in [5, 5.41) is 29.2. The Morgan fingerprint density at radius 2 is 2.33 bits per heavy atom. The molecular formula is C10H11NO3S. The zero-order valence-corrected chi connectivity index (χ0v) is 8.99. The predicted octanol–water partition coefficient (Wildman–Crippen LogP) is 1.26. The van der Waals surface area contributed by atoms with Crippen molar-refractivity contribution >= 4 is 17.1 Å². The average molecular weight is 225 g/mol. The molecule has 0 aromatic carbocycles. The quantitative estimate of drug-likeness (QED) is 0.756. The van der Waals surface area contributed by atoms with E-state index in [-0.39, 0.29) is 12.2 Å². The van der Waals surface area contributed by atoms with Crippen molar-refractivity contribution in [3.63, 3.8) is 0 Å². The summed E-state index contributed by atoms with van der Waals surface area (Å²) in [6.07, 6.45) is -2.48. The number of ketones is 1. The average Bonchev–Trinajstić information content (AvgIpc) is 2.65. The van der Waals surface area contributed by atoms with Crippen molar-refractivity contribution in [2.75, 3.05) is 0 Å². The first-order valence-electron chi connectivity index (χ1n) is 4.39. The van der Waals surface area contributed by atoms with E-state index < -0.39 is 12.2 Å². The van der Waals surface area contributed by atoms with E-state index in [1.165, 1.54) is 18.3 Å². The zero-order valence-electron chi connectivity index (χ0n) is 8.17. The fraction of sp³-hybridized carbons (Fsp3) is 0.400. The molecule has 4 nitrogen and oxygen atoms in total. The van der Waals surface area contributed by atoms with Crippen LogP contribution < -0.4 is 0 Å². The van der Waals surface area contributed by atoms with Crippen LogP contribution in [0.2, 0.25) is 0 Å². The molecule has 1 aromatic heterocycles. The van der Waals surface area contributed by atoms with Crippen LogP contribution in [0.15, 0.2) is 11.4 Å². The van der Waals surface area contributed by atoms with Gasteiger partial charge in [0.25, 0.3) is 0 Å². The van der Waals surface area contributed by atoms with Crippen molar-refractivity contribution in [3.8, 4) is 6.07 Å². The van der Waals surface area contributed by atoms with E-state index in [1.54, 1.807) is 17.5 Å². The molecule has 0 saturated heterocycles. The highest BCUT2D eigenvalue weighted by atomic mass is 32.1. The summed E-state index contributed by atoms with van der Waals surface area (Å²) < 4.78 is 0. The molecule has 15 heavy (non-hydrogen) atoms. The molecule has 0 aliphatic carbocycles. The van der Waals surface area contributed by atoms with E-state index >= 15 is 0 Å². The number of aliphatic hydroxyl groups is 2. The van der Waals surface area contributed by atoms with Crippen molar-refractivity contribution in [3.05, 3.63) is 21.9 Å². The van der Waals surface area contributed by atoms with Crippen LogP contribution in [-0.4, -0.2) is 22.1 Å². The number of carbonyl (C=O) groups excluding carboxylic acids is 1. The van der Waals surface area contributed by atoms with Gasteiger partial charge >= 0.3 is 0 Å². The number of hydrogen-bond donors (Lipinski definition) is 2. The number of hydrogen-bond acceptors (Lipinski definition) is 5. The third kappa shape index (κ3) is 2.63. The second kappa shape index (κ2) is 5.03. The molecule has 5 heteroatoms. The third-order valence-electron chi connectivity index (χ3n) is 2.00. The summed E-state index contributed by atoms with van der Waals surface area (Å²) in [6, 6.07) is 3.36. The number of nitriles is 1. The lowest BCUT2D eigenvalue weighted by molar-refractivity contribution is 0.0214. The molecule has 0 aliphatic heterocycles. The van der Waals surface area contributed by atoms with E-state index in [0.29, 0.717) is 10.4 Å². The lowest BCUT2D eigenvalue weighted by atomic mass is 10.0. The molecule has 2 atom stereocenters. The molecule has 0 radical (unpaired) electrons. The molecule has 0 saturated carbocycles. The van der Waals surface area contributed by atoms with Gasteiger partial charge < -0.3 is 10.2 Å². The first-order valence-corrected chi connectivity index (χ1v) is 5.27. The Balaban J connectivity index is 2.91. The Morgan fingerprint density at radius 1 is 1.67 bits per heavy atom. The SMILES string of the molecule is CC(=O)c1sccc1C(O)C(O)CC#N. The van der Waals surface area contributed by atoms with Gasteiger partial charge in [0.1, 0.15) is 6.10 Å². The van der Waals surface area contributed by atoms with E-state index in [4.69, 9.17) is 5.26 Å². The van der Waals surface area contributed by atoms with Crippen LogP contribution in [0.1, 0.15) is 34.7 Å². The zero-order chi connectivity index (χ0) is 11.4. The monoisotopic (exact) mass is 225 g/mol. The standard InChI is InChI=1S/C10H11NO3S/c1-6(12)10-7(3-5-15-10)9(14)8(13)2-4-11/h3,5,8-9,13-14H,2H2,1H3. The minimum absolute atomic E-state index is 0.150. The summed E-state index contributed by atoms with van der Waals surface area (Å²) in [5.41, 5.74) is 0.398. The maximum Gasteiger partial charge on any atom is 0.170 e. The Labute approximate surface area is 91.4 Å². The van der Waals surface area contributed by atoms with Gasteiger partial charge in [-0.1, -0.05) is 0 Å². The van der Waals surface area contributed by atoms with Crippen molar-refractivity contribution in [1.82, 2.24) is 0 Å². The highest BCUT2D eigenvalue weighted by Crippen LogP contribution is 2.27. The lowest BCUT2D eigenvalue weighted by Crippen LogP contribution is -2.18. The van der Waals surface area contributed by atoms with E-state index in [2.05, 4.69) is 0 Å². The molecule has 0 aliphatic rings. The maximum absolute atomic E-state index is 11.2. The van der Waals surface area contributed by atoms with Crippen molar-refractivity contribution in [2.24, 2.45) is 0 Å². The Hall–Kier alpha value is -1.22. The second-order valence-corrected chi connectivity index (χ2v) is 4.05. The van der Waals surface area contributed by atoms with Gasteiger partial charge in [-0.2, -0.15) is 5.26 Å². The van der Waals surface area contributed by atoms with E-state index in [0.717, 1.165) is 0 Å². The van der Waals surface area contributed by atoms with Crippen molar-refractivity contribution in [2.45, 2.75) is 25.6 Å². The maximum atomic E-state index is 11.2. The van der Waals surface area contributed by atoms with Crippen LogP contribution in [0.5, 0.6) is 0 Å². The lowest BCUT2D eigenvalue weighted by Gasteiger charge is -2.15. The first-order chi connectivity index (χ1) is 7.07. The number of rotatable bonds is 4. The first kappa shape index (κ1) is 11.9. The fourth-order valence-corrected chi connectivity index (χ4v) is 2.09. The van der Waals surface area contributed by atoms with Gasteiger partial charge in [-0.15, -0.1) is 11.3 Å². The normalized spacial score (nSPS) is 14.3. The molecule has 80 valence electrons. The third-order valence-corrected chi connectivity index (χ3v) is 3.03. The second-order valence-electron chi connectivity index (χ2n) is 3.14. The van der Waals surface area contributed by atoms with Crippen LogP contribution in [0.25, 0.3) is 0 Å². The molecule has 2 unspecified atom stereocenters. The number of thiophene rings is 1. The van der Waals surface area contributed by atoms with Crippen LogP contribution >= 0.6 is 11.3 Å². The molecular weight excluding hydrogens is 214 g/mol. The van der Waals surface area contributed by atoms with Gasteiger partial charge in [-0.3, -0.25) is 4.79 Å². The highest BCUT2D eigenvalue weighted by molar-refractivity contribution is 7.12. The molecule has 0 fully saturated rings. The fourth-order valence-electron chi connectivity index (χ4n) is 1.25. The van der Waals surface area contributed by atoms with Gasteiger partial charge in [-0.05, 0) is 18.4 Å². The van der Waals surface area contributed by atoms with Crippen LogP contribution in [0.3, 0.4) is 0 Å². The summed E-state index contributed by atoms with van der Waals surface area (Å²) >= 11 is 1.22. The topological polar surface area (TPSA) is 81.3 Å². The molecule has 0 spiro atoms. The van der Waals surface area contributed by atoms with E-state index in [9.17, 15) is 15.0 Å². The van der Waals surface area contributed by atoms with Crippen LogP contribution in [-0.2, 0) is 0 Å². The summed E-state index contributed by atoms with van der Waals surface area (Å²) in [6.45, 7) is 1.40. The molecule has 2 N–H and O–H groups in total. The van der Waals surface area contributed by atoms with Gasteiger partial charge in [-0.25, -0.2) is 0 Å². The van der Waals surface area contributed by atoms with Crippen molar-refractivity contribution < 1.29 is 15.0 Å². The van der Waals surface area contributed by atoms with Gasteiger partial charge in [0.2, 0.25) is 0 Å². The predicted molar refractivity (Wildman–Crippen MR) is 55.5 cm³/mol.